The molecule has 0 spiro atoms. The van der Waals surface area contributed by atoms with Crippen molar-refractivity contribution in [3.05, 3.63) is 36.0 Å². The number of hydrogen-bond donors (Lipinski definition) is 1. The van der Waals surface area contributed by atoms with Gasteiger partial charge in [-0.2, -0.15) is 0 Å². The molecule has 0 radical (unpaired) electrons. The number of nitrogens with one attached hydrogen (secondary N) is 1. The maximum Gasteiger partial charge on any atom is 0.222 e. The van der Waals surface area contributed by atoms with Crippen molar-refractivity contribution in [2.45, 2.75) is 32.4 Å². The molecule has 2 aliphatic rings. The number of carbonyl (C=O) groups is 2. The molecule has 0 saturated carbocycles. The molecule has 136 valence electrons. The Morgan fingerprint density at radius 2 is 2.15 bits per heavy atom. The average molecular weight is 352 g/mol. The molecule has 6 nitrogen and oxygen atoms in total. The van der Waals surface area contributed by atoms with Gasteiger partial charge in [0.1, 0.15) is 0 Å². The monoisotopic (exact) mass is 352 g/mol. The summed E-state index contributed by atoms with van der Waals surface area (Å²) in [4.78, 5) is 32.2. The molecule has 2 atom stereocenters. The van der Waals surface area contributed by atoms with E-state index in [1.54, 1.807) is 0 Å². The minimum atomic E-state index is -0.0756. The Kier molecular flexibility index (Phi) is 4.36. The van der Waals surface area contributed by atoms with Crippen LogP contribution in [0.3, 0.4) is 0 Å². The quantitative estimate of drug-likeness (QED) is 0.920. The van der Waals surface area contributed by atoms with E-state index in [2.05, 4.69) is 22.3 Å². The van der Waals surface area contributed by atoms with Crippen molar-refractivity contribution in [1.82, 2.24) is 14.8 Å². The van der Waals surface area contributed by atoms with Gasteiger partial charge in [-0.3, -0.25) is 19.5 Å². The molecule has 26 heavy (non-hydrogen) atoms. The third-order valence-corrected chi connectivity index (χ3v) is 5.56. The molecule has 0 bridgehead atoms. The third-order valence-electron chi connectivity index (χ3n) is 5.56. The average Bonchev–Trinajstić information content (AvgIpc) is 2.88. The number of piperidine rings is 1. The number of aromatic nitrogens is 1. The van der Waals surface area contributed by atoms with E-state index in [0.717, 1.165) is 48.3 Å². The van der Waals surface area contributed by atoms with Crippen LogP contribution in [0.15, 0.2) is 30.3 Å². The third kappa shape index (κ3) is 3.29. The van der Waals surface area contributed by atoms with Crippen molar-refractivity contribution >= 4 is 28.4 Å². The summed E-state index contributed by atoms with van der Waals surface area (Å²) in [6, 6.07) is 10.3. The lowest BCUT2D eigenvalue weighted by Gasteiger charge is -2.36. The van der Waals surface area contributed by atoms with E-state index < -0.39 is 0 Å². The molecular weight excluding hydrogens is 328 g/mol. The Hall–Kier alpha value is -2.47. The number of carbonyl (C=O) groups excluding carboxylic acids is 2. The highest BCUT2D eigenvalue weighted by Gasteiger charge is 2.40. The molecule has 2 aromatic rings. The van der Waals surface area contributed by atoms with Crippen LogP contribution in [0.5, 0.6) is 0 Å². The van der Waals surface area contributed by atoms with Crippen LogP contribution in [0.2, 0.25) is 0 Å². The zero-order valence-corrected chi connectivity index (χ0v) is 15.2. The standard InChI is InChI=1S/C20H24N4O2/c1-13(25)21-16-5-6-18-14(9-16)3-4-17(22-18)12-24-8-7-19-15(11-24)10-20(26)23(19)2/h3-6,9,15,19H,7-8,10-12H2,1-2H3,(H,21,25)/t15-,19+/m1/s1. The normalized spacial score (nSPS) is 23.3. The summed E-state index contributed by atoms with van der Waals surface area (Å²) in [5.41, 5.74) is 2.76. The second-order valence-corrected chi connectivity index (χ2v) is 7.45. The minimum absolute atomic E-state index is 0.0756. The summed E-state index contributed by atoms with van der Waals surface area (Å²) in [6.07, 6.45) is 1.72. The number of amides is 2. The van der Waals surface area contributed by atoms with Gasteiger partial charge in [-0.05, 0) is 30.7 Å². The van der Waals surface area contributed by atoms with E-state index in [1.165, 1.54) is 6.92 Å². The first-order chi connectivity index (χ1) is 12.5. The lowest BCUT2D eigenvalue weighted by molar-refractivity contribution is -0.127. The molecule has 6 heteroatoms. The van der Waals surface area contributed by atoms with Crippen molar-refractivity contribution in [2.75, 3.05) is 25.5 Å². The number of rotatable bonds is 3. The molecular formula is C20H24N4O2. The molecule has 3 heterocycles. The van der Waals surface area contributed by atoms with Crippen LogP contribution < -0.4 is 5.32 Å². The van der Waals surface area contributed by atoms with Gasteiger partial charge in [-0.25, -0.2) is 0 Å². The molecule has 2 saturated heterocycles. The van der Waals surface area contributed by atoms with Crippen LogP contribution in [-0.4, -0.2) is 52.8 Å². The molecule has 0 aliphatic carbocycles. The van der Waals surface area contributed by atoms with E-state index in [1.807, 2.05) is 30.1 Å². The SMILES string of the molecule is CC(=O)Nc1ccc2nc(CN3CC[C@H]4[C@H](CC(=O)N4C)C3)ccc2c1. The molecule has 1 aromatic heterocycles. The van der Waals surface area contributed by atoms with E-state index in [4.69, 9.17) is 4.98 Å². The van der Waals surface area contributed by atoms with E-state index in [-0.39, 0.29) is 11.8 Å². The zero-order chi connectivity index (χ0) is 18.3. The Bertz CT molecular complexity index is 866. The molecule has 2 amide bonds. The van der Waals surface area contributed by atoms with Crippen LogP contribution >= 0.6 is 0 Å². The fourth-order valence-electron chi connectivity index (χ4n) is 4.27. The Balaban J connectivity index is 1.46. The smallest absolute Gasteiger partial charge is 0.222 e. The second kappa shape index (κ2) is 6.68. The Labute approximate surface area is 153 Å². The fourth-order valence-corrected chi connectivity index (χ4v) is 4.27. The van der Waals surface area contributed by atoms with Gasteiger partial charge in [0.15, 0.2) is 0 Å². The van der Waals surface area contributed by atoms with Crippen LogP contribution in [0.4, 0.5) is 5.69 Å². The van der Waals surface area contributed by atoms with E-state index >= 15 is 0 Å². The van der Waals surface area contributed by atoms with E-state index in [9.17, 15) is 9.59 Å². The number of benzene rings is 1. The Morgan fingerprint density at radius 3 is 2.96 bits per heavy atom. The van der Waals surface area contributed by atoms with Gasteiger partial charge < -0.3 is 10.2 Å². The molecule has 2 fully saturated rings. The highest BCUT2D eigenvalue weighted by Crippen LogP contribution is 2.31. The summed E-state index contributed by atoms with van der Waals surface area (Å²) in [6.45, 7) is 4.27. The van der Waals surface area contributed by atoms with E-state index in [0.29, 0.717) is 18.4 Å². The largest absolute Gasteiger partial charge is 0.342 e. The lowest BCUT2D eigenvalue weighted by Crippen LogP contribution is -2.44. The first-order valence-electron chi connectivity index (χ1n) is 9.15. The summed E-state index contributed by atoms with van der Waals surface area (Å²) >= 11 is 0. The Morgan fingerprint density at radius 1 is 1.31 bits per heavy atom. The van der Waals surface area contributed by atoms with Gasteiger partial charge in [-0.1, -0.05) is 6.07 Å². The van der Waals surface area contributed by atoms with Crippen LogP contribution in [0, 0.1) is 5.92 Å². The van der Waals surface area contributed by atoms with Gasteiger partial charge in [-0.15, -0.1) is 0 Å². The van der Waals surface area contributed by atoms with Crippen molar-refractivity contribution < 1.29 is 9.59 Å². The zero-order valence-electron chi connectivity index (χ0n) is 15.2. The fraction of sp³-hybridized carbons (Fsp3) is 0.450. The predicted octanol–water partition coefficient (Wildman–Crippen LogP) is 2.25. The van der Waals surface area contributed by atoms with Crippen molar-refractivity contribution in [2.24, 2.45) is 5.92 Å². The predicted molar refractivity (Wildman–Crippen MR) is 101 cm³/mol. The number of pyridine rings is 1. The number of hydrogen-bond acceptors (Lipinski definition) is 4. The van der Waals surface area contributed by atoms with Crippen LogP contribution in [0.1, 0.15) is 25.5 Å². The van der Waals surface area contributed by atoms with Gasteiger partial charge in [0, 0.05) is 63.1 Å². The molecule has 2 aliphatic heterocycles. The molecule has 1 aromatic carbocycles. The molecule has 0 unspecified atom stereocenters. The summed E-state index contributed by atoms with van der Waals surface area (Å²) < 4.78 is 0. The summed E-state index contributed by atoms with van der Waals surface area (Å²) in [5, 5.41) is 3.81. The van der Waals surface area contributed by atoms with Crippen LogP contribution in [-0.2, 0) is 16.1 Å². The van der Waals surface area contributed by atoms with Gasteiger partial charge in [0.05, 0.1) is 11.2 Å². The van der Waals surface area contributed by atoms with Gasteiger partial charge >= 0.3 is 0 Å². The summed E-state index contributed by atoms with van der Waals surface area (Å²) in [7, 11) is 1.93. The molecule has 1 N–H and O–H groups in total. The second-order valence-electron chi connectivity index (χ2n) is 7.45. The van der Waals surface area contributed by atoms with Crippen molar-refractivity contribution in [3.63, 3.8) is 0 Å². The van der Waals surface area contributed by atoms with Gasteiger partial charge in [0.2, 0.25) is 11.8 Å². The highest BCUT2D eigenvalue weighted by atomic mass is 16.2. The van der Waals surface area contributed by atoms with Crippen molar-refractivity contribution in [3.8, 4) is 0 Å². The number of nitrogens with zero attached hydrogens (tertiary/aromatic N) is 3. The topological polar surface area (TPSA) is 65.5 Å². The van der Waals surface area contributed by atoms with Crippen molar-refractivity contribution in [1.29, 1.82) is 0 Å². The van der Waals surface area contributed by atoms with Gasteiger partial charge in [0.25, 0.3) is 0 Å². The highest BCUT2D eigenvalue weighted by molar-refractivity contribution is 5.92. The number of likely N-dealkylation sites (tertiary alicyclic amines) is 2. The maximum atomic E-state index is 11.9. The number of fused-ring (bicyclic) bond motifs is 2. The number of anilines is 1. The first kappa shape index (κ1) is 17.0. The molecule has 4 rings (SSSR count). The summed E-state index contributed by atoms with van der Waals surface area (Å²) in [5.74, 6) is 0.649. The van der Waals surface area contributed by atoms with Crippen LogP contribution in [0.25, 0.3) is 10.9 Å². The maximum absolute atomic E-state index is 11.9. The first-order valence-corrected chi connectivity index (χ1v) is 9.15. The minimum Gasteiger partial charge on any atom is -0.342 e. The lowest BCUT2D eigenvalue weighted by atomic mass is 9.93.